The van der Waals surface area contributed by atoms with E-state index in [0.29, 0.717) is 22.3 Å². The zero-order valence-corrected chi connectivity index (χ0v) is 47.3. The molecule has 82 heavy (non-hydrogen) atoms. The Labute approximate surface area is 473 Å². The quantitative estimate of drug-likeness (QED) is 0.151. The fraction of sp³-hybridized carbons (Fsp3) is 0.155. The zero-order valence-electron chi connectivity index (χ0n) is 47.3. The average Bonchev–Trinajstić information content (AvgIpc) is 3.59. The van der Waals surface area contributed by atoms with Gasteiger partial charge in [-0.15, -0.1) is 0 Å². The van der Waals surface area contributed by atoms with Crippen molar-refractivity contribution in [2.45, 2.75) is 76.2 Å². The van der Waals surface area contributed by atoms with E-state index in [2.05, 4.69) is 32.0 Å². The highest BCUT2D eigenvalue weighted by Crippen LogP contribution is 2.32. The number of halogens is 11. The van der Waals surface area contributed by atoms with Gasteiger partial charge in [-0.3, -0.25) is 0 Å². The van der Waals surface area contributed by atoms with Crippen molar-refractivity contribution in [2.24, 2.45) is 0 Å². The Morgan fingerprint density at radius 2 is 0.500 bits per heavy atom. The van der Waals surface area contributed by atoms with Gasteiger partial charge >= 0.3 is 0 Å². The minimum Gasteiger partial charge on any atom is -0.207 e. The lowest BCUT2D eigenvalue weighted by Crippen LogP contribution is -1.96. The standard InChI is InChI=1S/C15H15F.C14H10F4.C14H11F3.C14H12F2.C14H13F/c1-10-4-7-14(12(3)8-10)13-6-5-11(2)15(16)9-13;1-7-3-12(17)14(13(18)4-7)9-5-10(15)8(2)11(16)6-9;1-8-3-4-11(14(17)5-8)10-6-12(15)9(2)13(16)7-10;1-9-3-5-11(6-4-9)12-7-13(15)10(2)14(16)8-12;1-10-3-6-12(7-4-10)13-8-5-11(2)14(15)9-13/h4-9H,1-3H3;3-6H,1-2H3;3-7H,1-2H3;3-8H,1-2H3;3-9H,1-2H3. The first-order valence-corrected chi connectivity index (χ1v) is 26.0. The summed E-state index contributed by atoms with van der Waals surface area (Å²) in [5.41, 5.74) is 12.4. The second-order valence-electron chi connectivity index (χ2n) is 20.3. The van der Waals surface area contributed by atoms with E-state index < -0.39 is 57.9 Å². The van der Waals surface area contributed by atoms with Gasteiger partial charge in [0.05, 0.1) is 5.56 Å². The van der Waals surface area contributed by atoms with Gasteiger partial charge < -0.3 is 0 Å². The van der Waals surface area contributed by atoms with Gasteiger partial charge in [0.15, 0.2) is 0 Å². The van der Waals surface area contributed by atoms with E-state index in [1.807, 2.05) is 86.6 Å². The van der Waals surface area contributed by atoms with Gasteiger partial charge in [-0.1, -0.05) is 120 Å². The molecule has 0 saturated heterocycles. The Morgan fingerprint density at radius 1 is 0.183 bits per heavy atom. The number of hydrogen-bond acceptors (Lipinski definition) is 0. The monoisotopic (exact) mass is 1120 g/mol. The van der Waals surface area contributed by atoms with Crippen LogP contribution in [0.3, 0.4) is 0 Å². The molecular formula is C71H61F11. The summed E-state index contributed by atoms with van der Waals surface area (Å²) in [5.74, 6) is -6.44. The van der Waals surface area contributed by atoms with E-state index in [-0.39, 0.29) is 45.0 Å². The highest BCUT2D eigenvalue weighted by Gasteiger charge is 2.17. The Balaban J connectivity index is 0.000000165. The number of rotatable bonds is 5. The molecule has 0 atom stereocenters. The van der Waals surface area contributed by atoms with Crippen molar-refractivity contribution in [2.75, 3.05) is 0 Å². The van der Waals surface area contributed by atoms with E-state index in [4.69, 9.17) is 0 Å². The molecule has 0 N–H and O–H groups in total. The highest BCUT2D eigenvalue weighted by atomic mass is 19.2. The van der Waals surface area contributed by atoms with Gasteiger partial charge in [-0.05, 0) is 215 Å². The van der Waals surface area contributed by atoms with E-state index in [0.717, 1.165) is 75.3 Å². The number of hydrogen-bond donors (Lipinski definition) is 0. The van der Waals surface area contributed by atoms with E-state index in [1.165, 1.54) is 68.7 Å². The van der Waals surface area contributed by atoms with Crippen LogP contribution in [0, 0.1) is 140 Å². The third-order valence-corrected chi connectivity index (χ3v) is 13.6. The normalized spacial score (nSPS) is 10.6. The molecular weight excluding hydrogens is 1060 g/mol. The third-order valence-electron chi connectivity index (χ3n) is 13.6. The van der Waals surface area contributed by atoms with Crippen LogP contribution >= 0.6 is 0 Å². The predicted octanol–water partition coefficient (Wildman–Crippen LogP) is 21.7. The summed E-state index contributed by atoms with van der Waals surface area (Å²) in [6.07, 6.45) is 0. The zero-order chi connectivity index (χ0) is 60.3. The molecule has 0 fully saturated rings. The van der Waals surface area contributed by atoms with E-state index in [1.54, 1.807) is 39.0 Å². The molecule has 0 saturated carbocycles. The van der Waals surface area contributed by atoms with E-state index in [9.17, 15) is 48.3 Å². The maximum absolute atomic E-state index is 13.7. The molecule has 0 aromatic heterocycles. The molecule has 0 bridgehead atoms. The van der Waals surface area contributed by atoms with Gasteiger partial charge in [0, 0.05) is 22.3 Å². The highest BCUT2D eigenvalue weighted by molar-refractivity contribution is 5.70. The van der Waals surface area contributed by atoms with Crippen LogP contribution in [0.1, 0.15) is 61.2 Å². The van der Waals surface area contributed by atoms with Crippen molar-refractivity contribution in [3.05, 3.63) is 295 Å². The van der Waals surface area contributed by atoms with Crippen LogP contribution in [-0.4, -0.2) is 0 Å². The molecule has 0 nitrogen and oxygen atoms in total. The molecule has 0 radical (unpaired) electrons. The Morgan fingerprint density at radius 3 is 0.915 bits per heavy atom. The molecule has 0 spiro atoms. The van der Waals surface area contributed by atoms with Gasteiger partial charge in [0.2, 0.25) is 0 Å². The molecule has 0 aliphatic carbocycles. The van der Waals surface area contributed by atoms with Crippen LogP contribution in [0.4, 0.5) is 48.3 Å². The minimum atomic E-state index is -0.838. The van der Waals surface area contributed by atoms with Crippen LogP contribution in [-0.2, 0) is 0 Å². The van der Waals surface area contributed by atoms with Crippen molar-refractivity contribution < 1.29 is 48.3 Å². The number of benzene rings is 10. The van der Waals surface area contributed by atoms with Gasteiger partial charge in [-0.25, -0.2) is 48.3 Å². The fourth-order valence-corrected chi connectivity index (χ4v) is 8.39. The lowest BCUT2D eigenvalue weighted by Gasteiger charge is -2.08. The second-order valence-corrected chi connectivity index (χ2v) is 20.3. The van der Waals surface area contributed by atoms with Gasteiger partial charge in [0.25, 0.3) is 0 Å². The van der Waals surface area contributed by atoms with Crippen LogP contribution in [0.15, 0.2) is 170 Å². The number of aryl methyl sites for hydroxylation is 8. The first kappa shape index (κ1) is 62.6. The minimum absolute atomic E-state index is 0.0544. The molecule has 0 heterocycles. The second kappa shape index (κ2) is 27.7. The third kappa shape index (κ3) is 16.3. The summed E-state index contributed by atoms with van der Waals surface area (Å²) in [6.45, 7) is 19.0. The summed E-state index contributed by atoms with van der Waals surface area (Å²) in [7, 11) is 0. The molecule has 10 aromatic carbocycles. The van der Waals surface area contributed by atoms with Crippen molar-refractivity contribution in [3.63, 3.8) is 0 Å². The van der Waals surface area contributed by atoms with Gasteiger partial charge in [-0.2, -0.15) is 0 Å². The first-order chi connectivity index (χ1) is 38.7. The smallest absolute Gasteiger partial charge is 0.134 e. The van der Waals surface area contributed by atoms with Crippen LogP contribution in [0.5, 0.6) is 0 Å². The largest absolute Gasteiger partial charge is 0.207 e. The van der Waals surface area contributed by atoms with Crippen LogP contribution in [0.25, 0.3) is 55.6 Å². The maximum Gasteiger partial charge on any atom is 0.134 e. The van der Waals surface area contributed by atoms with E-state index >= 15 is 0 Å². The molecule has 0 amide bonds. The Hall–Kier alpha value is -8.57. The molecule has 11 heteroatoms. The topological polar surface area (TPSA) is 0 Å². The molecule has 0 aliphatic heterocycles. The predicted molar refractivity (Wildman–Crippen MR) is 311 cm³/mol. The average molecular weight is 1120 g/mol. The fourth-order valence-electron chi connectivity index (χ4n) is 8.39. The molecule has 0 unspecified atom stereocenters. The van der Waals surface area contributed by atoms with Crippen molar-refractivity contribution in [3.8, 4) is 55.6 Å². The van der Waals surface area contributed by atoms with Crippen LogP contribution < -0.4 is 0 Å². The Bertz CT molecular complexity index is 3790. The lowest BCUT2D eigenvalue weighted by atomic mass is 9.98. The summed E-state index contributed by atoms with van der Waals surface area (Å²) in [6, 6.07) is 46.3. The molecule has 10 aromatic rings. The van der Waals surface area contributed by atoms with Crippen molar-refractivity contribution in [1.82, 2.24) is 0 Å². The van der Waals surface area contributed by atoms with Gasteiger partial charge in [0.1, 0.15) is 64.0 Å². The van der Waals surface area contributed by atoms with Crippen LogP contribution in [0.2, 0.25) is 0 Å². The molecule has 422 valence electrons. The summed E-state index contributed by atoms with van der Waals surface area (Å²) < 4.78 is 148. The summed E-state index contributed by atoms with van der Waals surface area (Å²) in [4.78, 5) is 0. The molecule has 0 aliphatic rings. The summed E-state index contributed by atoms with van der Waals surface area (Å²) in [5, 5.41) is 0. The first-order valence-electron chi connectivity index (χ1n) is 26.0. The Kier molecular flexibility index (Phi) is 21.2. The molecule has 10 rings (SSSR count). The lowest BCUT2D eigenvalue weighted by molar-refractivity contribution is 0.565. The SMILES string of the molecule is Cc1cc(F)c(-c2cc(F)c(C)c(F)c2)c(F)c1.Cc1ccc(-c2cc(F)c(C)c(F)c2)c(F)c1.Cc1ccc(-c2cc(F)c(C)c(F)c2)cc1.Cc1ccc(-c2ccc(C)c(F)c2)c(C)c1.Cc1ccc(-c2ccc(C)c(F)c2)cc1. The maximum atomic E-state index is 13.7. The summed E-state index contributed by atoms with van der Waals surface area (Å²) >= 11 is 0. The van der Waals surface area contributed by atoms with Crippen molar-refractivity contribution >= 4 is 0 Å². The van der Waals surface area contributed by atoms with Crippen molar-refractivity contribution in [1.29, 1.82) is 0 Å².